The molecule has 0 heterocycles. The zero-order valence-corrected chi connectivity index (χ0v) is 9.29. The van der Waals surface area contributed by atoms with Crippen LogP contribution >= 0.6 is 23.2 Å². The van der Waals surface area contributed by atoms with E-state index in [1.165, 1.54) is 12.1 Å². The summed E-state index contributed by atoms with van der Waals surface area (Å²) in [7, 11) is 0. The minimum absolute atomic E-state index is 0.0282. The standard InChI is InChI=1S/C10H6Cl2O4/c11-5-2-1-3-6(12)9(5)7(13)4-8(14)10(15)16/h1-4,13H,(H,15,16). The summed E-state index contributed by atoms with van der Waals surface area (Å²) in [4.78, 5) is 21.1. The summed E-state index contributed by atoms with van der Waals surface area (Å²) in [6, 6.07) is 4.47. The monoisotopic (exact) mass is 260 g/mol. The maximum Gasteiger partial charge on any atom is 0.376 e. The third-order valence-electron chi connectivity index (χ3n) is 1.70. The van der Waals surface area contributed by atoms with Crippen LogP contribution in [-0.2, 0) is 9.59 Å². The topological polar surface area (TPSA) is 74.6 Å². The second-order valence-corrected chi connectivity index (χ2v) is 3.61. The molecule has 1 aromatic carbocycles. The number of carbonyl (C=O) groups is 2. The van der Waals surface area contributed by atoms with Crippen LogP contribution < -0.4 is 0 Å². The maximum absolute atomic E-state index is 10.8. The van der Waals surface area contributed by atoms with E-state index < -0.39 is 17.5 Å². The number of aliphatic hydroxyl groups excluding tert-OH is 1. The van der Waals surface area contributed by atoms with Crippen molar-refractivity contribution in [3.05, 3.63) is 39.9 Å². The number of ketones is 1. The van der Waals surface area contributed by atoms with Crippen LogP contribution in [0.25, 0.3) is 5.76 Å². The van der Waals surface area contributed by atoms with Crippen molar-refractivity contribution in [3.63, 3.8) is 0 Å². The zero-order chi connectivity index (χ0) is 12.3. The molecule has 84 valence electrons. The molecule has 0 radical (unpaired) electrons. The highest BCUT2D eigenvalue weighted by Crippen LogP contribution is 2.29. The Labute approximate surface area is 101 Å². The Kier molecular flexibility index (Phi) is 3.93. The lowest BCUT2D eigenvalue weighted by molar-refractivity contribution is -0.146. The van der Waals surface area contributed by atoms with E-state index in [1.807, 2.05) is 0 Å². The number of halogens is 2. The maximum atomic E-state index is 10.8. The van der Waals surface area contributed by atoms with Gasteiger partial charge in [0.1, 0.15) is 5.76 Å². The first kappa shape index (κ1) is 12.5. The molecule has 0 aliphatic rings. The van der Waals surface area contributed by atoms with Crippen LogP contribution in [-0.4, -0.2) is 22.0 Å². The Morgan fingerprint density at radius 2 is 1.62 bits per heavy atom. The third kappa shape index (κ3) is 2.74. The highest BCUT2D eigenvalue weighted by atomic mass is 35.5. The van der Waals surface area contributed by atoms with Gasteiger partial charge in [-0.05, 0) is 12.1 Å². The van der Waals surface area contributed by atoms with Gasteiger partial charge in [-0.3, -0.25) is 4.79 Å². The number of aliphatic hydroxyl groups is 1. The minimum Gasteiger partial charge on any atom is -0.507 e. The molecule has 16 heavy (non-hydrogen) atoms. The van der Waals surface area contributed by atoms with Gasteiger partial charge < -0.3 is 10.2 Å². The predicted octanol–water partition coefficient (Wildman–Crippen LogP) is 2.55. The van der Waals surface area contributed by atoms with E-state index >= 15 is 0 Å². The smallest absolute Gasteiger partial charge is 0.376 e. The van der Waals surface area contributed by atoms with Gasteiger partial charge in [-0.25, -0.2) is 4.79 Å². The van der Waals surface area contributed by atoms with Gasteiger partial charge >= 0.3 is 5.97 Å². The number of hydrogen-bond donors (Lipinski definition) is 2. The molecule has 4 nitrogen and oxygen atoms in total. The molecular formula is C10H6Cl2O4. The van der Waals surface area contributed by atoms with Crippen molar-refractivity contribution >= 4 is 40.7 Å². The second kappa shape index (κ2) is 5.01. The van der Waals surface area contributed by atoms with Gasteiger partial charge in [0.05, 0.1) is 15.6 Å². The lowest BCUT2D eigenvalue weighted by Crippen LogP contribution is -2.09. The largest absolute Gasteiger partial charge is 0.507 e. The van der Waals surface area contributed by atoms with Gasteiger partial charge in [-0.2, -0.15) is 0 Å². The Morgan fingerprint density at radius 1 is 1.12 bits per heavy atom. The number of carbonyl (C=O) groups excluding carboxylic acids is 1. The number of rotatable bonds is 3. The summed E-state index contributed by atoms with van der Waals surface area (Å²) in [5.74, 6) is -3.51. The quantitative estimate of drug-likeness (QED) is 0.498. The highest BCUT2D eigenvalue weighted by Gasteiger charge is 2.14. The summed E-state index contributed by atoms with van der Waals surface area (Å²) >= 11 is 11.5. The fourth-order valence-electron chi connectivity index (χ4n) is 1.00. The number of carboxylic acid groups (broad SMARTS) is 1. The molecule has 0 saturated heterocycles. The molecule has 0 fully saturated rings. The number of benzene rings is 1. The van der Waals surface area contributed by atoms with Crippen molar-refractivity contribution in [2.75, 3.05) is 0 Å². The van der Waals surface area contributed by atoms with Gasteiger partial charge in [-0.15, -0.1) is 0 Å². The summed E-state index contributed by atoms with van der Waals surface area (Å²) in [6.07, 6.45) is 0.551. The number of aliphatic carboxylic acids is 1. The first-order chi connectivity index (χ1) is 7.43. The summed E-state index contributed by atoms with van der Waals surface area (Å²) in [5, 5.41) is 18.1. The molecule has 0 aromatic heterocycles. The Bertz CT molecular complexity index is 459. The molecular weight excluding hydrogens is 255 g/mol. The zero-order valence-electron chi connectivity index (χ0n) is 7.78. The van der Waals surface area contributed by atoms with Crippen LogP contribution in [0.5, 0.6) is 0 Å². The first-order valence-corrected chi connectivity index (χ1v) is 4.81. The molecule has 2 N–H and O–H groups in total. The number of carboxylic acids is 1. The molecule has 0 aliphatic heterocycles. The molecule has 6 heteroatoms. The van der Waals surface area contributed by atoms with Crippen molar-refractivity contribution in [1.29, 1.82) is 0 Å². The van der Waals surface area contributed by atoms with Gasteiger partial charge in [0.2, 0.25) is 0 Å². The van der Waals surface area contributed by atoms with E-state index in [-0.39, 0.29) is 15.6 Å². The van der Waals surface area contributed by atoms with Crippen LogP contribution in [0.3, 0.4) is 0 Å². The van der Waals surface area contributed by atoms with Crippen LogP contribution in [0, 0.1) is 0 Å². The number of hydrogen-bond acceptors (Lipinski definition) is 3. The molecule has 0 unspecified atom stereocenters. The van der Waals surface area contributed by atoms with Gasteiger partial charge in [0, 0.05) is 6.08 Å². The summed E-state index contributed by atoms with van der Waals surface area (Å²) in [5.41, 5.74) is 0.0282. The fourth-order valence-corrected chi connectivity index (χ4v) is 1.59. The van der Waals surface area contributed by atoms with Gasteiger partial charge in [-0.1, -0.05) is 29.3 Å². The van der Waals surface area contributed by atoms with E-state index in [1.54, 1.807) is 6.07 Å². The SMILES string of the molecule is O=C(O)C(=O)C=C(O)c1c(Cl)cccc1Cl. The van der Waals surface area contributed by atoms with Crippen LogP contribution in [0.4, 0.5) is 0 Å². The van der Waals surface area contributed by atoms with Crippen LogP contribution in [0.15, 0.2) is 24.3 Å². The first-order valence-electron chi connectivity index (χ1n) is 4.05. The highest BCUT2D eigenvalue weighted by molar-refractivity contribution is 6.40. The molecule has 0 amide bonds. The third-order valence-corrected chi connectivity index (χ3v) is 2.33. The van der Waals surface area contributed by atoms with E-state index in [9.17, 15) is 14.7 Å². The van der Waals surface area contributed by atoms with Crippen molar-refractivity contribution in [2.24, 2.45) is 0 Å². The van der Waals surface area contributed by atoms with Crippen molar-refractivity contribution in [2.45, 2.75) is 0 Å². The Balaban J connectivity index is 3.19. The minimum atomic E-state index is -1.67. The van der Waals surface area contributed by atoms with Crippen LogP contribution in [0.2, 0.25) is 10.0 Å². The molecule has 0 spiro atoms. The van der Waals surface area contributed by atoms with Crippen molar-refractivity contribution in [3.8, 4) is 0 Å². The van der Waals surface area contributed by atoms with Crippen molar-refractivity contribution < 1.29 is 19.8 Å². The van der Waals surface area contributed by atoms with Crippen LogP contribution in [0.1, 0.15) is 5.56 Å². The molecule has 0 atom stereocenters. The predicted molar refractivity (Wildman–Crippen MR) is 59.7 cm³/mol. The molecule has 0 aliphatic carbocycles. The lowest BCUT2D eigenvalue weighted by atomic mass is 10.1. The average molecular weight is 261 g/mol. The van der Waals surface area contributed by atoms with E-state index in [2.05, 4.69) is 0 Å². The fraction of sp³-hybridized carbons (Fsp3) is 0. The molecule has 1 aromatic rings. The second-order valence-electron chi connectivity index (χ2n) is 2.80. The van der Waals surface area contributed by atoms with Gasteiger partial charge in [0.25, 0.3) is 5.78 Å². The Hall–Kier alpha value is -1.52. The van der Waals surface area contributed by atoms with Gasteiger partial charge in [0.15, 0.2) is 0 Å². The Morgan fingerprint density at radius 3 is 2.06 bits per heavy atom. The van der Waals surface area contributed by atoms with Crippen molar-refractivity contribution in [1.82, 2.24) is 0 Å². The molecule has 1 rings (SSSR count). The van der Waals surface area contributed by atoms with E-state index in [0.717, 1.165) is 0 Å². The summed E-state index contributed by atoms with van der Waals surface area (Å²) in [6.45, 7) is 0. The molecule has 0 bridgehead atoms. The van der Waals surface area contributed by atoms with E-state index in [0.29, 0.717) is 6.08 Å². The average Bonchev–Trinajstić information content (AvgIpc) is 2.16. The lowest BCUT2D eigenvalue weighted by Gasteiger charge is -2.04. The summed E-state index contributed by atoms with van der Waals surface area (Å²) < 4.78 is 0. The molecule has 0 saturated carbocycles. The normalized spacial score (nSPS) is 11.2. The van der Waals surface area contributed by atoms with E-state index in [4.69, 9.17) is 28.3 Å².